The number of benzene rings is 2. The van der Waals surface area contributed by atoms with Gasteiger partial charge in [-0.2, -0.15) is 5.26 Å². The smallest absolute Gasteiger partial charge is 0.261 e. The Morgan fingerprint density at radius 2 is 2.09 bits per heavy atom. The van der Waals surface area contributed by atoms with Gasteiger partial charge in [0.2, 0.25) is 0 Å². The van der Waals surface area contributed by atoms with Gasteiger partial charge in [0, 0.05) is 23.6 Å². The molecule has 1 heterocycles. The van der Waals surface area contributed by atoms with Crippen LogP contribution >= 0.6 is 11.6 Å². The van der Waals surface area contributed by atoms with Gasteiger partial charge in [-0.25, -0.2) is 0 Å². The van der Waals surface area contributed by atoms with Gasteiger partial charge in [0.05, 0.1) is 17.7 Å². The summed E-state index contributed by atoms with van der Waals surface area (Å²) in [4.78, 5) is 15.8. The number of aromatic amines is 1. The molecule has 33 heavy (non-hydrogen) atoms. The highest BCUT2D eigenvalue weighted by Gasteiger charge is 2.16. The van der Waals surface area contributed by atoms with Crippen LogP contribution in [0.25, 0.3) is 17.0 Å². The number of nitrogens with one attached hydrogen (secondary N) is 2. The number of fused-ring (bicyclic) bond motifs is 1. The molecule has 1 unspecified atom stereocenters. The third kappa shape index (κ3) is 6.09. The Morgan fingerprint density at radius 1 is 1.30 bits per heavy atom. The Labute approximate surface area is 199 Å². The number of H-pyrrole nitrogens is 1. The first-order valence-electron chi connectivity index (χ1n) is 11.0. The molecule has 0 spiro atoms. The summed E-state index contributed by atoms with van der Waals surface area (Å²) in [5.74, 6) is 0.506. The Morgan fingerprint density at radius 3 is 2.82 bits per heavy atom. The highest BCUT2D eigenvalue weighted by Crippen LogP contribution is 2.38. The summed E-state index contributed by atoms with van der Waals surface area (Å²) in [5, 5.41) is 13.9. The van der Waals surface area contributed by atoms with Crippen molar-refractivity contribution in [3.63, 3.8) is 0 Å². The quantitative estimate of drug-likeness (QED) is 0.298. The summed E-state index contributed by atoms with van der Waals surface area (Å²) in [6.07, 6.45) is 4.89. The normalized spacial score (nSPS) is 12.3. The number of carbonyl (C=O) groups excluding carboxylic acids is 1. The molecule has 0 aliphatic carbocycles. The molecule has 0 bridgehead atoms. The van der Waals surface area contributed by atoms with E-state index in [9.17, 15) is 10.1 Å². The molecule has 0 saturated carbocycles. The van der Waals surface area contributed by atoms with Gasteiger partial charge in [-0.3, -0.25) is 4.79 Å². The van der Waals surface area contributed by atoms with Crippen molar-refractivity contribution < 1.29 is 14.3 Å². The van der Waals surface area contributed by atoms with Crippen molar-refractivity contribution >= 4 is 34.5 Å². The van der Waals surface area contributed by atoms with E-state index in [4.69, 9.17) is 21.1 Å². The van der Waals surface area contributed by atoms with Crippen LogP contribution in [0.1, 0.15) is 38.3 Å². The second kappa shape index (κ2) is 11.4. The van der Waals surface area contributed by atoms with Crippen molar-refractivity contribution in [3.8, 4) is 17.6 Å². The Balaban J connectivity index is 1.73. The first-order chi connectivity index (χ1) is 16.0. The maximum Gasteiger partial charge on any atom is 0.261 e. The fourth-order valence-electron chi connectivity index (χ4n) is 3.39. The number of hydrogen-bond donors (Lipinski definition) is 2. The largest absolute Gasteiger partial charge is 0.490 e. The third-order valence-electron chi connectivity index (χ3n) is 5.26. The second-order valence-corrected chi connectivity index (χ2v) is 8.04. The van der Waals surface area contributed by atoms with Gasteiger partial charge in [0.1, 0.15) is 11.6 Å². The molecule has 2 aromatic carbocycles. The van der Waals surface area contributed by atoms with Crippen molar-refractivity contribution in [2.24, 2.45) is 0 Å². The molecule has 0 fully saturated rings. The van der Waals surface area contributed by atoms with E-state index >= 15 is 0 Å². The number of carbonyl (C=O) groups is 1. The zero-order valence-corrected chi connectivity index (χ0v) is 19.8. The van der Waals surface area contributed by atoms with Crippen LogP contribution in [0.15, 0.2) is 48.2 Å². The van der Waals surface area contributed by atoms with Gasteiger partial charge in [0.15, 0.2) is 11.5 Å². The minimum atomic E-state index is -0.439. The van der Waals surface area contributed by atoms with E-state index in [1.54, 1.807) is 12.1 Å². The fraction of sp³-hybridized carbons (Fsp3) is 0.308. The zero-order chi connectivity index (χ0) is 23.8. The summed E-state index contributed by atoms with van der Waals surface area (Å²) in [5.41, 5.74) is 2.74. The molecular formula is C26H28ClN3O3. The van der Waals surface area contributed by atoms with Gasteiger partial charge >= 0.3 is 0 Å². The number of aromatic nitrogens is 1. The Bertz CT molecular complexity index is 1190. The second-order valence-electron chi connectivity index (χ2n) is 7.63. The van der Waals surface area contributed by atoms with Crippen LogP contribution in [-0.2, 0) is 11.2 Å². The molecule has 0 aliphatic heterocycles. The maximum absolute atomic E-state index is 12.6. The van der Waals surface area contributed by atoms with Crippen LogP contribution < -0.4 is 14.8 Å². The standard InChI is InChI=1S/C26H28ClN3O3/c1-4-17(3)33-25-22(27)13-18(14-24(25)32-5-2)12-20(15-28)26(31)29-11-10-19-16-30-23-9-7-6-8-21(19)23/h6-9,12-14,16-17,30H,4-5,10-11H2,1-3H3,(H,29,31). The van der Waals surface area contributed by atoms with Crippen molar-refractivity contribution in [1.82, 2.24) is 10.3 Å². The SMILES string of the molecule is CCOc1cc(C=C(C#N)C(=O)NCCc2c[nH]c3ccccc23)cc(Cl)c1OC(C)CC. The number of amides is 1. The molecule has 1 atom stereocenters. The van der Waals surface area contributed by atoms with Crippen LogP contribution in [0, 0.1) is 11.3 Å². The predicted molar refractivity (Wildman–Crippen MR) is 132 cm³/mol. The van der Waals surface area contributed by atoms with E-state index in [2.05, 4.69) is 10.3 Å². The van der Waals surface area contributed by atoms with Crippen LogP contribution in [0.3, 0.4) is 0 Å². The highest BCUT2D eigenvalue weighted by molar-refractivity contribution is 6.32. The van der Waals surface area contributed by atoms with Crippen LogP contribution in [0.2, 0.25) is 5.02 Å². The van der Waals surface area contributed by atoms with Crippen molar-refractivity contribution in [1.29, 1.82) is 5.26 Å². The number of halogens is 1. The summed E-state index contributed by atoms with van der Waals surface area (Å²) in [7, 11) is 0. The van der Waals surface area contributed by atoms with E-state index in [1.807, 2.05) is 57.3 Å². The molecule has 0 saturated heterocycles. The van der Waals surface area contributed by atoms with Crippen molar-refractivity contribution in [2.75, 3.05) is 13.2 Å². The Kier molecular flexibility index (Phi) is 8.39. The van der Waals surface area contributed by atoms with E-state index in [-0.39, 0.29) is 11.7 Å². The topological polar surface area (TPSA) is 87.1 Å². The summed E-state index contributed by atoms with van der Waals surface area (Å²) in [6, 6.07) is 13.4. The first kappa shape index (κ1) is 24.2. The molecule has 1 aromatic heterocycles. The molecule has 0 radical (unpaired) electrons. The van der Waals surface area contributed by atoms with E-state index in [1.165, 1.54) is 6.08 Å². The van der Waals surface area contributed by atoms with Gasteiger partial charge < -0.3 is 19.8 Å². The lowest BCUT2D eigenvalue weighted by molar-refractivity contribution is -0.117. The maximum atomic E-state index is 12.6. The summed E-state index contributed by atoms with van der Waals surface area (Å²) < 4.78 is 11.6. The summed E-state index contributed by atoms with van der Waals surface area (Å²) >= 11 is 6.45. The molecule has 3 aromatic rings. The van der Waals surface area contributed by atoms with E-state index in [0.29, 0.717) is 41.7 Å². The lowest BCUT2D eigenvalue weighted by Gasteiger charge is -2.18. The zero-order valence-electron chi connectivity index (χ0n) is 19.1. The lowest BCUT2D eigenvalue weighted by atomic mass is 10.1. The monoisotopic (exact) mass is 465 g/mol. The Hall–Kier alpha value is -3.43. The first-order valence-corrected chi connectivity index (χ1v) is 11.4. The molecule has 1 amide bonds. The molecule has 2 N–H and O–H groups in total. The highest BCUT2D eigenvalue weighted by atomic mass is 35.5. The van der Waals surface area contributed by atoms with Crippen LogP contribution in [0.5, 0.6) is 11.5 Å². The van der Waals surface area contributed by atoms with E-state index < -0.39 is 5.91 Å². The van der Waals surface area contributed by atoms with E-state index in [0.717, 1.165) is 22.9 Å². The number of rotatable bonds is 10. The third-order valence-corrected chi connectivity index (χ3v) is 5.54. The number of hydrogen-bond acceptors (Lipinski definition) is 4. The van der Waals surface area contributed by atoms with Crippen molar-refractivity contribution in [2.45, 2.75) is 39.7 Å². The lowest BCUT2D eigenvalue weighted by Crippen LogP contribution is -2.26. The number of ether oxygens (including phenoxy) is 2. The number of nitrogens with zero attached hydrogens (tertiary/aromatic N) is 1. The predicted octanol–water partition coefficient (Wildman–Crippen LogP) is 5.66. The van der Waals surface area contributed by atoms with Gasteiger partial charge in [-0.15, -0.1) is 0 Å². The van der Waals surface area contributed by atoms with Gasteiger partial charge in [-0.1, -0.05) is 36.7 Å². The molecule has 172 valence electrons. The number of nitriles is 1. The molecule has 7 heteroatoms. The average molecular weight is 466 g/mol. The van der Waals surface area contributed by atoms with Crippen molar-refractivity contribution in [3.05, 3.63) is 64.3 Å². The van der Waals surface area contributed by atoms with Crippen LogP contribution in [0.4, 0.5) is 0 Å². The van der Waals surface area contributed by atoms with Gasteiger partial charge in [0.25, 0.3) is 5.91 Å². The molecule has 0 aliphatic rings. The fourth-order valence-corrected chi connectivity index (χ4v) is 3.66. The number of para-hydroxylation sites is 1. The average Bonchev–Trinajstić information content (AvgIpc) is 3.22. The van der Waals surface area contributed by atoms with Gasteiger partial charge in [-0.05, 0) is 62.1 Å². The molecule has 3 rings (SSSR count). The molecular weight excluding hydrogens is 438 g/mol. The van der Waals surface area contributed by atoms with Crippen LogP contribution in [-0.4, -0.2) is 30.1 Å². The summed E-state index contributed by atoms with van der Waals surface area (Å²) in [6.45, 7) is 6.68. The minimum absolute atomic E-state index is 0.0111. The molecule has 6 nitrogen and oxygen atoms in total. The minimum Gasteiger partial charge on any atom is -0.490 e.